The molecule has 2 N–H and O–H groups in total. The van der Waals surface area contributed by atoms with E-state index in [-0.39, 0.29) is 5.91 Å². The maximum absolute atomic E-state index is 12.6. The van der Waals surface area contributed by atoms with E-state index in [0.29, 0.717) is 28.7 Å². The van der Waals surface area contributed by atoms with Gasteiger partial charge in [-0.15, -0.1) is 0 Å². The summed E-state index contributed by atoms with van der Waals surface area (Å²) >= 11 is 5.94. The normalized spacial score (nSPS) is 11.1. The summed E-state index contributed by atoms with van der Waals surface area (Å²) in [6, 6.07) is 10.8. The fourth-order valence-corrected chi connectivity index (χ4v) is 3.11. The number of furan rings is 1. The molecule has 0 aliphatic carbocycles. The van der Waals surface area contributed by atoms with E-state index < -0.39 is 0 Å². The number of rotatable bonds is 9. The van der Waals surface area contributed by atoms with Gasteiger partial charge in [-0.05, 0) is 56.4 Å². The lowest BCUT2D eigenvalue weighted by molar-refractivity contribution is 0.0947. The Bertz CT molecular complexity index is 920. The quantitative estimate of drug-likeness (QED) is 0.510. The van der Waals surface area contributed by atoms with Crippen LogP contribution in [0.25, 0.3) is 11.0 Å². The molecule has 6 nitrogen and oxygen atoms in total. The van der Waals surface area contributed by atoms with E-state index >= 15 is 0 Å². The average molecular weight is 401 g/mol. The van der Waals surface area contributed by atoms with Crippen molar-refractivity contribution in [2.24, 2.45) is 0 Å². The van der Waals surface area contributed by atoms with Gasteiger partial charge in [0.2, 0.25) is 0 Å². The number of nitrogens with zero attached hydrogens (tertiary/aromatic N) is 2. The SMILES string of the molecule is CCN(CC)CCCNC(=O)c1cc2occc2c(Nc2ccc(Cl)cc2)n1. The minimum atomic E-state index is -0.211. The standard InChI is InChI=1S/C21H25ClN4O2/c1-3-26(4-2)12-5-11-23-21(27)18-14-19-17(10-13-28-19)20(25-18)24-16-8-6-15(22)7-9-16/h6-10,13-14H,3-5,11-12H2,1-2H3,(H,23,27)(H,24,25). The molecule has 0 radical (unpaired) electrons. The Hall–Kier alpha value is -2.57. The maximum atomic E-state index is 12.6. The van der Waals surface area contributed by atoms with Crippen LogP contribution in [0.5, 0.6) is 0 Å². The number of hydrogen-bond acceptors (Lipinski definition) is 5. The second-order valence-corrected chi connectivity index (χ2v) is 6.89. The highest BCUT2D eigenvalue weighted by molar-refractivity contribution is 6.30. The number of benzene rings is 1. The van der Waals surface area contributed by atoms with Gasteiger partial charge in [-0.2, -0.15) is 0 Å². The molecule has 2 aromatic heterocycles. The highest BCUT2D eigenvalue weighted by Crippen LogP contribution is 2.27. The van der Waals surface area contributed by atoms with E-state index in [1.54, 1.807) is 24.5 Å². The van der Waals surface area contributed by atoms with E-state index in [2.05, 4.69) is 34.4 Å². The van der Waals surface area contributed by atoms with Gasteiger partial charge >= 0.3 is 0 Å². The zero-order chi connectivity index (χ0) is 19.9. The number of halogens is 1. The second kappa shape index (κ2) is 9.57. The van der Waals surface area contributed by atoms with Gasteiger partial charge in [0.15, 0.2) is 0 Å². The van der Waals surface area contributed by atoms with E-state index in [9.17, 15) is 4.79 Å². The van der Waals surface area contributed by atoms with E-state index in [4.69, 9.17) is 16.0 Å². The lowest BCUT2D eigenvalue weighted by Gasteiger charge is -2.17. The zero-order valence-corrected chi connectivity index (χ0v) is 16.9. The Morgan fingerprint density at radius 1 is 1.18 bits per heavy atom. The van der Waals surface area contributed by atoms with Crippen LogP contribution in [0.15, 0.2) is 47.1 Å². The van der Waals surface area contributed by atoms with Crippen molar-refractivity contribution in [3.8, 4) is 0 Å². The Balaban J connectivity index is 1.71. The average Bonchev–Trinajstić information content (AvgIpc) is 3.18. The molecule has 1 amide bonds. The van der Waals surface area contributed by atoms with Crippen LogP contribution in [0, 0.1) is 0 Å². The van der Waals surface area contributed by atoms with Gasteiger partial charge in [-0.3, -0.25) is 4.79 Å². The van der Waals surface area contributed by atoms with Crippen LogP contribution in [0.1, 0.15) is 30.8 Å². The first-order valence-corrected chi connectivity index (χ1v) is 9.90. The summed E-state index contributed by atoms with van der Waals surface area (Å²) in [5.74, 6) is 0.360. The van der Waals surface area contributed by atoms with Gasteiger partial charge in [0.1, 0.15) is 17.1 Å². The van der Waals surface area contributed by atoms with E-state index in [0.717, 1.165) is 37.1 Å². The highest BCUT2D eigenvalue weighted by atomic mass is 35.5. The number of carbonyl (C=O) groups excluding carboxylic acids is 1. The van der Waals surface area contributed by atoms with Gasteiger partial charge in [0.25, 0.3) is 5.91 Å². The molecule has 3 aromatic rings. The van der Waals surface area contributed by atoms with Gasteiger partial charge in [-0.25, -0.2) is 4.98 Å². The first kappa shape index (κ1) is 20.2. The van der Waals surface area contributed by atoms with E-state index in [1.165, 1.54) is 0 Å². The summed E-state index contributed by atoms with van der Waals surface area (Å²) in [6.45, 7) is 7.87. The van der Waals surface area contributed by atoms with Crippen molar-refractivity contribution in [1.29, 1.82) is 0 Å². The van der Waals surface area contributed by atoms with Crippen LogP contribution in [0.2, 0.25) is 5.02 Å². The van der Waals surface area contributed by atoms with Crippen LogP contribution < -0.4 is 10.6 Å². The second-order valence-electron chi connectivity index (χ2n) is 6.46. The molecule has 148 valence electrons. The van der Waals surface area contributed by atoms with Crippen molar-refractivity contribution in [2.75, 3.05) is 31.5 Å². The number of aromatic nitrogens is 1. The summed E-state index contributed by atoms with van der Waals surface area (Å²) in [7, 11) is 0. The summed E-state index contributed by atoms with van der Waals surface area (Å²) in [5.41, 5.74) is 1.76. The monoisotopic (exact) mass is 400 g/mol. The molecule has 7 heteroatoms. The fraction of sp³-hybridized carbons (Fsp3) is 0.333. The van der Waals surface area contributed by atoms with Crippen LogP contribution in [0.4, 0.5) is 11.5 Å². The molecule has 0 saturated heterocycles. The lowest BCUT2D eigenvalue weighted by Crippen LogP contribution is -2.30. The molecule has 0 atom stereocenters. The van der Waals surface area contributed by atoms with Crippen molar-refractivity contribution in [3.05, 3.63) is 53.4 Å². The molecule has 0 aliphatic heterocycles. The molecule has 0 spiro atoms. The molecule has 1 aromatic carbocycles. The number of anilines is 2. The third-order valence-corrected chi connectivity index (χ3v) is 4.87. The number of hydrogen-bond donors (Lipinski definition) is 2. The Labute approximate surface area is 169 Å². The highest BCUT2D eigenvalue weighted by Gasteiger charge is 2.14. The molecular weight excluding hydrogens is 376 g/mol. The number of carbonyl (C=O) groups is 1. The molecule has 2 heterocycles. The molecule has 0 saturated carbocycles. The first-order valence-electron chi connectivity index (χ1n) is 9.52. The Morgan fingerprint density at radius 3 is 2.64 bits per heavy atom. The van der Waals surface area contributed by atoms with Crippen molar-refractivity contribution >= 4 is 40.0 Å². The van der Waals surface area contributed by atoms with Crippen molar-refractivity contribution in [1.82, 2.24) is 15.2 Å². The van der Waals surface area contributed by atoms with E-state index in [1.807, 2.05) is 18.2 Å². The van der Waals surface area contributed by atoms with Crippen molar-refractivity contribution < 1.29 is 9.21 Å². The maximum Gasteiger partial charge on any atom is 0.270 e. The number of pyridine rings is 1. The predicted octanol–water partition coefficient (Wildman–Crippen LogP) is 4.69. The largest absolute Gasteiger partial charge is 0.464 e. The third-order valence-electron chi connectivity index (χ3n) is 4.62. The minimum absolute atomic E-state index is 0.211. The summed E-state index contributed by atoms with van der Waals surface area (Å²) < 4.78 is 5.50. The number of amides is 1. The first-order chi connectivity index (χ1) is 13.6. The minimum Gasteiger partial charge on any atom is -0.464 e. The smallest absolute Gasteiger partial charge is 0.270 e. The summed E-state index contributed by atoms with van der Waals surface area (Å²) in [6.07, 6.45) is 2.48. The third kappa shape index (κ3) is 5.03. The molecular formula is C21H25ClN4O2. The molecule has 0 bridgehead atoms. The van der Waals surface area contributed by atoms with Crippen molar-refractivity contribution in [3.63, 3.8) is 0 Å². The fourth-order valence-electron chi connectivity index (χ4n) is 2.98. The van der Waals surface area contributed by atoms with Crippen LogP contribution in [0.3, 0.4) is 0 Å². The van der Waals surface area contributed by atoms with Gasteiger partial charge < -0.3 is 20.0 Å². The molecule has 3 rings (SSSR count). The molecule has 0 unspecified atom stereocenters. The summed E-state index contributed by atoms with van der Waals surface area (Å²) in [4.78, 5) is 19.4. The molecule has 28 heavy (non-hydrogen) atoms. The number of nitrogens with one attached hydrogen (secondary N) is 2. The molecule has 0 fully saturated rings. The lowest BCUT2D eigenvalue weighted by atomic mass is 10.2. The molecule has 0 aliphatic rings. The topological polar surface area (TPSA) is 70.4 Å². The van der Waals surface area contributed by atoms with Crippen LogP contribution in [-0.4, -0.2) is 42.0 Å². The van der Waals surface area contributed by atoms with Gasteiger partial charge in [0, 0.05) is 23.3 Å². The van der Waals surface area contributed by atoms with Gasteiger partial charge in [-0.1, -0.05) is 25.4 Å². The Morgan fingerprint density at radius 2 is 1.93 bits per heavy atom. The Kier molecular flexibility index (Phi) is 6.90. The van der Waals surface area contributed by atoms with Crippen LogP contribution in [-0.2, 0) is 0 Å². The van der Waals surface area contributed by atoms with Gasteiger partial charge in [0.05, 0.1) is 11.6 Å². The van der Waals surface area contributed by atoms with Crippen molar-refractivity contribution in [2.45, 2.75) is 20.3 Å². The zero-order valence-electron chi connectivity index (χ0n) is 16.2. The summed E-state index contributed by atoms with van der Waals surface area (Å²) in [5, 5.41) is 7.65. The number of fused-ring (bicyclic) bond motifs is 1. The predicted molar refractivity (Wildman–Crippen MR) is 113 cm³/mol. The van der Waals surface area contributed by atoms with Crippen LogP contribution >= 0.6 is 11.6 Å².